The lowest BCUT2D eigenvalue weighted by molar-refractivity contribution is 0.383. The molecular weight excluding hydrogens is 356 g/mol. The lowest BCUT2D eigenvalue weighted by atomic mass is 10.0. The summed E-state index contributed by atoms with van der Waals surface area (Å²) >= 11 is 0. The molecule has 0 saturated heterocycles. The Morgan fingerprint density at radius 1 is 0.828 bits per heavy atom. The maximum absolute atomic E-state index is 5.04. The highest BCUT2D eigenvalue weighted by Crippen LogP contribution is 2.36. The van der Waals surface area contributed by atoms with Crippen molar-refractivity contribution in [2.75, 3.05) is 11.9 Å². The maximum atomic E-state index is 5.04. The molecule has 0 spiro atoms. The number of para-hydroxylation sites is 3. The molecule has 4 aromatic rings. The van der Waals surface area contributed by atoms with Gasteiger partial charge >= 0.3 is 0 Å². The number of fused-ring (bicyclic) bond motifs is 1. The van der Waals surface area contributed by atoms with Crippen LogP contribution in [0.2, 0.25) is 0 Å². The summed E-state index contributed by atoms with van der Waals surface area (Å²) in [7, 11) is 2.11. The molecule has 0 bridgehead atoms. The average molecular weight is 380 g/mol. The molecule has 144 valence electrons. The first-order valence-corrected chi connectivity index (χ1v) is 9.96. The summed E-state index contributed by atoms with van der Waals surface area (Å²) in [6.07, 6.45) is 4.56. The zero-order chi connectivity index (χ0) is 20.0. The molecule has 0 fully saturated rings. The fourth-order valence-electron chi connectivity index (χ4n) is 4.09. The highest BCUT2D eigenvalue weighted by atomic mass is 15.4. The van der Waals surface area contributed by atoms with Crippen LogP contribution in [0.25, 0.3) is 28.1 Å². The molecular formula is C25H24N4. The lowest BCUT2D eigenvalue weighted by Gasteiger charge is -2.29. The van der Waals surface area contributed by atoms with E-state index in [9.17, 15) is 0 Å². The molecule has 3 aromatic carbocycles. The van der Waals surface area contributed by atoms with Gasteiger partial charge in [-0.1, -0.05) is 42.5 Å². The first kappa shape index (κ1) is 17.6. The molecule has 0 unspecified atom stereocenters. The maximum Gasteiger partial charge on any atom is 0.146 e. The molecule has 0 saturated carbocycles. The van der Waals surface area contributed by atoms with E-state index in [1.807, 2.05) is 12.1 Å². The summed E-state index contributed by atoms with van der Waals surface area (Å²) in [5.41, 5.74) is 6.83. The number of benzene rings is 3. The van der Waals surface area contributed by atoms with Gasteiger partial charge in [0.15, 0.2) is 0 Å². The lowest BCUT2D eigenvalue weighted by Crippen LogP contribution is -2.33. The first-order chi connectivity index (χ1) is 14.1. The smallest absolute Gasteiger partial charge is 0.146 e. The van der Waals surface area contributed by atoms with Crippen molar-refractivity contribution in [1.29, 1.82) is 0 Å². The van der Waals surface area contributed by atoms with Crippen LogP contribution in [0.3, 0.4) is 0 Å². The van der Waals surface area contributed by atoms with Gasteiger partial charge in [-0.25, -0.2) is 4.98 Å². The van der Waals surface area contributed by atoms with E-state index in [1.54, 1.807) is 0 Å². The number of aromatic nitrogens is 2. The second-order valence-electron chi connectivity index (χ2n) is 7.55. The van der Waals surface area contributed by atoms with Gasteiger partial charge in [-0.15, -0.1) is 0 Å². The largest absolute Gasteiger partial charge is 0.359 e. The molecule has 4 nitrogen and oxygen atoms in total. The van der Waals surface area contributed by atoms with Crippen LogP contribution in [-0.2, 0) is 0 Å². The minimum absolute atomic E-state index is 0.289. The number of rotatable bonds is 3. The minimum Gasteiger partial charge on any atom is -0.359 e. The molecule has 1 aliphatic rings. The molecule has 0 radical (unpaired) electrons. The second kappa shape index (κ2) is 6.82. The third-order valence-corrected chi connectivity index (χ3v) is 5.85. The van der Waals surface area contributed by atoms with E-state index >= 15 is 0 Å². The Labute approximate surface area is 171 Å². The van der Waals surface area contributed by atoms with Crippen LogP contribution >= 0.6 is 0 Å². The van der Waals surface area contributed by atoms with E-state index in [0.717, 1.165) is 28.1 Å². The molecule has 5 rings (SSSR count). The van der Waals surface area contributed by atoms with Gasteiger partial charge in [0.1, 0.15) is 12.0 Å². The monoisotopic (exact) mass is 380 g/mol. The molecule has 1 atom stereocenters. The van der Waals surface area contributed by atoms with E-state index in [-0.39, 0.29) is 6.17 Å². The Morgan fingerprint density at radius 3 is 2.34 bits per heavy atom. The summed E-state index contributed by atoms with van der Waals surface area (Å²) < 4.78 is 2.26. The van der Waals surface area contributed by atoms with E-state index in [0.29, 0.717) is 0 Å². The molecule has 1 aromatic heterocycles. The Kier molecular flexibility index (Phi) is 4.13. The van der Waals surface area contributed by atoms with Crippen molar-refractivity contribution >= 4 is 16.7 Å². The Morgan fingerprint density at radius 2 is 1.59 bits per heavy atom. The van der Waals surface area contributed by atoms with Gasteiger partial charge in [0.05, 0.1) is 11.0 Å². The fourth-order valence-corrected chi connectivity index (χ4v) is 4.09. The van der Waals surface area contributed by atoms with Gasteiger partial charge in [-0.3, -0.25) is 4.57 Å². The van der Waals surface area contributed by atoms with Crippen molar-refractivity contribution in [2.45, 2.75) is 20.0 Å². The minimum atomic E-state index is 0.289. The summed E-state index contributed by atoms with van der Waals surface area (Å²) in [5.74, 6) is 0.973. The van der Waals surface area contributed by atoms with Crippen molar-refractivity contribution in [3.63, 3.8) is 0 Å². The van der Waals surface area contributed by atoms with Gasteiger partial charge in [0.25, 0.3) is 0 Å². The molecule has 0 amide bonds. The molecule has 0 N–H and O–H groups in total. The predicted octanol–water partition coefficient (Wildman–Crippen LogP) is 5.57. The van der Waals surface area contributed by atoms with Crippen molar-refractivity contribution in [3.05, 3.63) is 90.8 Å². The van der Waals surface area contributed by atoms with Crippen molar-refractivity contribution < 1.29 is 0 Å². The Balaban J connectivity index is 1.73. The third-order valence-electron chi connectivity index (χ3n) is 5.85. The Bertz CT molecular complexity index is 1210. The number of imidazole rings is 1. The van der Waals surface area contributed by atoms with Crippen molar-refractivity contribution in [3.8, 4) is 17.1 Å². The molecule has 0 aliphatic carbocycles. The number of nitrogens with zero attached hydrogens (tertiary/aromatic N) is 4. The topological polar surface area (TPSA) is 24.3 Å². The van der Waals surface area contributed by atoms with Crippen LogP contribution in [0.1, 0.15) is 12.5 Å². The van der Waals surface area contributed by atoms with E-state index in [4.69, 9.17) is 4.98 Å². The molecule has 1 aliphatic heterocycles. The number of hydrogen-bond acceptors (Lipinski definition) is 3. The standard InChI is InChI=1S/C25H24N4/c1-18-21(12-9-15-23(18)28-17-16-27(3)19(28)2)25-26-22-13-7-8-14-24(22)29(25)20-10-5-4-6-11-20/h4-17,19H,1-3H3/t19-/m0/s1. The highest BCUT2D eigenvalue weighted by Gasteiger charge is 2.24. The third kappa shape index (κ3) is 2.80. The van der Waals surface area contributed by atoms with E-state index < -0.39 is 0 Å². The second-order valence-corrected chi connectivity index (χ2v) is 7.55. The zero-order valence-corrected chi connectivity index (χ0v) is 16.9. The van der Waals surface area contributed by atoms with Crippen LogP contribution in [0.5, 0.6) is 0 Å². The van der Waals surface area contributed by atoms with Crippen molar-refractivity contribution in [2.24, 2.45) is 0 Å². The van der Waals surface area contributed by atoms with Gasteiger partial charge in [0, 0.05) is 36.4 Å². The number of hydrogen-bond donors (Lipinski definition) is 0. The molecule has 2 heterocycles. The van der Waals surface area contributed by atoms with Gasteiger partial charge in [-0.05, 0) is 49.7 Å². The predicted molar refractivity (Wildman–Crippen MR) is 120 cm³/mol. The summed E-state index contributed by atoms with van der Waals surface area (Å²) in [4.78, 5) is 9.57. The quantitative estimate of drug-likeness (QED) is 0.464. The zero-order valence-electron chi connectivity index (χ0n) is 16.9. The van der Waals surface area contributed by atoms with Gasteiger partial charge in [0.2, 0.25) is 0 Å². The van der Waals surface area contributed by atoms with E-state index in [1.165, 1.54) is 11.3 Å². The highest BCUT2D eigenvalue weighted by molar-refractivity contribution is 5.85. The first-order valence-electron chi connectivity index (χ1n) is 9.96. The van der Waals surface area contributed by atoms with Gasteiger partial charge in [-0.2, -0.15) is 0 Å². The van der Waals surface area contributed by atoms with E-state index in [2.05, 4.69) is 108 Å². The summed E-state index contributed by atoms with van der Waals surface area (Å²) in [6, 6.07) is 25.3. The van der Waals surface area contributed by atoms with Crippen LogP contribution in [-0.4, -0.2) is 27.7 Å². The summed E-state index contributed by atoms with van der Waals surface area (Å²) in [6.45, 7) is 4.41. The SMILES string of the molecule is Cc1c(-c2nc3ccccc3n2-c2ccccc2)cccc1N1C=CN(C)[C@@H]1C. The summed E-state index contributed by atoms with van der Waals surface area (Å²) in [5, 5.41) is 0. The van der Waals surface area contributed by atoms with Gasteiger partial charge < -0.3 is 9.80 Å². The van der Waals surface area contributed by atoms with Crippen LogP contribution < -0.4 is 4.90 Å². The average Bonchev–Trinajstić information content (AvgIpc) is 3.29. The van der Waals surface area contributed by atoms with Crippen LogP contribution in [0, 0.1) is 6.92 Å². The normalized spacial score (nSPS) is 16.2. The number of anilines is 1. The fraction of sp³-hybridized carbons (Fsp3) is 0.160. The Hall–Kier alpha value is -3.53. The van der Waals surface area contributed by atoms with Crippen molar-refractivity contribution in [1.82, 2.24) is 14.5 Å². The van der Waals surface area contributed by atoms with Crippen LogP contribution in [0.4, 0.5) is 5.69 Å². The van der Waals surface area contributed by atoms with Crippen LogP contribution in [0.15, 0.2) is 85.2 Å². The molecule has 4 heteroatoms. The molecule has 29 heavy (non-hydrogen) atoms.